The summed E-state index contributed by atoms with van der Waals surface area (Å²) in [5.74, 6) is -2.22. The van der Waals surface area contributed by atoms with Gasteiger partial charge < -0.3 is 10.8 Å². The number of amides is 1. The maximum absolute atomic E-state index is 11.3. The van der Waals surface area contributed by atoms with Gasteiger partial charge in [-0.2, -0.15) is 13.2 Å². The van der Waals surface area contributed by atoms with Gasteiger partial charge in [-0.15, -0.1) is 0 Å². The summed E-state index contributed by atoms with van der Waals surface area (Å²) in [4.78, 5) is 20.2. The van der Waals surface area contributed by atoms with Crippen LogP contribution in [0.5, 0.6) is 0 Å². The molecular weight excluding hydrogens is 407 g/mol. The van der Waals surface area contributed by atoms with Crippen LogP contribution in [0.1, 0.15) is 60.9 Å². The van der Waals surface area contributed by atoms with E-state index in [9.17, 15) is 18.0 Å². The molecule has 0 atom stereocenters. The number of hydrogen-bond acceptors (Lipinski definition) is 2. The molecule has 0 aromatic heterocycles. The molecule has 2 aromatic rings. The summed E-state index contributed by atoms with van der Waals surface area (Å²) in [5, 5.41) is 7.12. The average Bonchev–Trinajstić information content (AvgIpc) is 3.01. The van der Waals surface area contributed by atoms with Gasteiger partial charge in [-0.1, -0.05) is 74.9 Å². The van der Waals surface area contributed by atoms with Crippen LogP contribution >= 0.6 is 0 Å². The molecule has 0 radical (unpaired) electrons. The topological polar surface area (TPSA) is 80.4 Å². The molecule has 0 unspecified atom stereocenters. The summed E-state index contributed by atoms with van der Waals surface area (Å²) >= 11 is 0. The molecule has 1 saturated carbocycles. The molecule has 168 valence electrons. The minimum absolute atomic E-state index is 0.378. The number of primary amides is 1. The summed E-state index contributed by atoms with van der Waals surface area (Å²) in [6.07, 6.45) is 5.92. The van der Waals surface area contributed by atoms with Crippen molar-refractivity contribution in [1.29, 1.82) is 0 Å². The molecule has 0 aliphatic heterocycles. The molecule has 31 heavy (non-hydrogen) atoms. The van der Waals surface area contributed by atoms with E-state index >= 15 is 0 Å². The van der Waals surface area contributed by atoms with Gasteiger partial charge in [0.1, 0.15) is 0 Å². The van der Waals surface area contributed by atoms with Gasteiger partial charge in [0.2, 0.25) is 5.91 Å². The van der Waals surface area contributed by atoms with E-state index in [-0.39, 0.29) is 5.91 Å². The molecule has 1 amide bonds. The van der Waals surface area contributed by atoms with Gasteiger partial charge in [0, 0.05) is 5.56 Å². The summed E-state index contributed by atoms with van der Waals surface area (Å²) in [6.45, 7) is 0. The SMILES string of the molecule is NC(=O)c1cccc(-c2ccc(CCC3CCCCCC3)cc2)c1.O=C(O)C(F)(F)F. The molecule has 0 bridgehead atoms. The second-order valence-electron chi connectivity index (χ2n) is 7.84. The Balaban J connectivity index is 0.000000423. The molecule has 7 heteroatoms. The van der Waals surface area contributed by atoms with Crippen LogP contribution in [-0.4, -0.2) is 23.2 Å². The number of carbonyl (C=O) groups excluding carboxylic acids is 1. The van der Waals surface area contributed by atoms with E-state index < -0.39 is 12.1 Å². The number of nitrogens with two attached hydrogens (primary N) is 1. The highest BCUT2D eigenvalue weighted by molar-refractivity contribution is 5.94. The minimum Gasteiger partial charge on any atom is -0.475 e. The molecule has 3 N–H and O–H groups in total. The summed E-state index contributed by atoms with van der Waals surface area (Å²) in [7, 11) is 0. The first-order valence-corrected chi connectivity index (χ1v) is 10.5. The van der Waals surface area contributed by atoms with Crippen LogP contribution in [0.15, 0.2) is 48.5 Å². The second kappa shape index (κ2) is 11.5. The smallest absolute Gasteiger partial charge is 0.475 e. The van der Waals surface area contributed by atoms with Crippen LogP contribution in [0.3, 0.4) is 0 Å². The van der Waals surface area contributed by atoms with Gasteiger partial charge in [-0.25, -0.2) is 4.79 Å². The molecule has 3 rings (SSSR count). The highest BCUT2D eigenvalue weighted by Gasteiger charge is 2.38. The Kier molecular flexibility index (Phi) is 9.09. The Labute approximate surface area is 180 Å². The first-order chi connectivity index (χ1) is 14.7. The molecule has 0 heterocycles. The molecular formula is C24H28F3NO3. The average molecular weight is 435 g/mol. The number of alkyl halides is 3. The Bertz CT molecular complexity index is 855. The van der Waals surface area contributed by atoms with Crippen LogP contribution in [0, 0.1) is 5.92 Å². The number of benzene rings is 2. The first-order valence-electron chi connectivity index (χ1n) is 10.5. The molecule has 0 saturated heterocycles. The van der Waals surface area contributed by atoms with Crippen LogP contribution in [0.4, 0.5) is 13.2 Å². The number of aliphatic carboxylic acids is 1. The van der Waals surface area contributed by atoms with Crippen LogP contribution in [-0.2, 0) is 11.2 Å². The van der Waals surface area contributed by atoms with E-state index in [2.05, 4.69) is 24.3 Å². The molecule has 4 nitrogen and oxygen atoms in total. The zero-order valence-electron chi connectivity index (χ0n) is 17.3. The lowest BCUT2D eigenvalue weighted by Gasteiger charge is -2.13. The predicted octanol–water partition coefficient (Wildman–Crippen LogP) is 5.99. The minimum atomic E-state index is -5.08. The standard InChI is InChI=1S/C22H27NO.C2HF3O2/c23-22(24)21-9-5-8-20(16-21)19-14-12-18(13-15-19)11-10-17-6-3-1-2-4-7-17;3-2(4,5)1(6)7/h5,8-9,12-17H,1-4,6-7,10-11H2,(H2,23,24);(H,6,7). The maximum Gasteiger partial charge on any atom is 0.490 e. The largest absolute Gasteiger partial charge is 0.490 e. The highest BCUT2D eigenvalue weighted by atomic mass is 19.4. The third kappa shape index (κ3) is 8.44. The third-order valence-corrected chi connectivity index (χ3v) is 5.49. The Morgan fingerprint density at radius 1 is 0.935 bits per heavy atom. The molecule has 0 spiro atoms. The van der Waals surface area contributed by atoms with Crippen molar-refractivity contribution in [3.63, 3.8) is 0 Å². The molecule has 1 aliphatic carbocycles. The van der Waals surface area contributed by atoms with E-state index in [0.29, 0.717) is 5.56 Å². The lowest BCUT2D eigenvalue weighted by molar-refractivity contribution is -0.192. The van der Waals surface area contributed by atoms with Crippen molar-refractivity contribution in [3.8, 4) is 11.1 Å². The molecule has 1 aliphatic rings. The lowest BCUT2D eigenvalue weighted by Crippen LogP contribution is -2.21. The Morgan fingerprint density at radius 3 is 2.03 bits per heavy atom. The normalized spacial score (nSPS) is 14.8. The zero-order valence-corrected chi connectivity index (χ0v) is 17.3. The van der Waals surface area contributed by atoms with Crippen molar-refractivity contribution in [3.05, 3.63) is 59.7 Å². The van der Waals surface area contributed by atoms with Crippen LogP contribution in [0.25, 0.3) is 11.1 Å². The van der Waals surface area contributed by atoms with E-state index in [4.69, 9.17) is 15.6 Å². The van der Waals surface area contributed by atoms with Gasteiger partial charge in [-0.05, 0) is 47.6 Å². The third-order valence-electron chi connectivity index (χ3n) is 5.49. The number of rotatable bonds is 5. The number of halogens is 3. The van der Waals surface area contributed by atoms with E-state index in [0.717, 1.165) is 17.0 Å². The highest BCUT2D eigenvalue weighted by Crippen LogP contribution is 2.27. The number of hydrogen-bond donors (Lipinski definition) is 2. The first kappa shape index (κ1) is 24.4. The van der Waals surface area contributed by atoms with Crippen molar-refractivity contribution in [2.45, 2.75) is 57.5 Å². The van der Waals surface area contributed by atoms with Gasteiger partial charge in [0.25, 0.3) is 0 Å². The molecule has 1 fully saturated rings. The van der Waals surface area contributed by atoms with Crippen molar-refractivity contribution < 1.29 is 27.9 Å². The lowest BCUT2D eigenvalue weighted by atomic mass is 9.92. The second-order valence-corrected chi connectivity index (χ2v) is 7.84. The maximum atomic E-state index is 11.3. The summed E-state index contributed by atoms with van der Waals surface area (Å²) in [5.41, 5.74) is 9.52. The van der Waals surface area contributed by atoms with E-state index in [1.54, 1.807) is 6.07 Å². The van der Waals surface area contributed by atoms with Crippen molar-refractivity contribution >= 4 is 11.9 Å². The predicted molar refractivity (Wildman–Crippen MR) is 114 cm³/mol. The fraction of sp³-hybridized carbons (Fsp3) is 0.417. The summed E-state index contributed by atoms with van der Waals surface area (Å²) < 4.78 is 31.7. The van der Waals surface area contributed by atoms with E-state index in [1.807, 2.05) is 18.2 Å². The van der Waals surface area contributed by atoms with Gasteiger partial charge >= 0.3 is 12.1 Å². The Morgan fingerprint density at radius 2 is 1.52 bits per heavy atom. The number of carboxylic acid groups (broad SMARTS) is 1. The fourth-order valence-electron chi connectivity index (χ4n) is 3.74. The molecule has 2 aromatic carbocycles. The number of aryl methyl sites for hydroxylation is 1. The van der Waals surface area contributed by atoms with Gasteiger partial charge in [0.05, 0.1) is 0 Å². The van der Waals surface area contributed by atoms with Crippen LogP contribution < -0.4 is 5.73 Å². The fourth-order valence-corrected chi connectivity index (χ4v) is 3.74. The summed E-state index contributed by atoms with van der Waals surface area (Å²) in [6, 6.07) is 16.3. The van der Waals surface area contributed by atoms with Gasteiger partial charge in [-0.3, -0.25) is 4.79 Å². The quantitative estimate of drug-likeness (QED) is 0.566. The van der Waals surface area contributed by atoms with Crippen molar-refractivity contribution in [2.75, 3.05) is 0 Å². The van der Waals surface area contributed by atoms with E-state index in [1.165, 1.54) is 56.9 Å². The van der Waals surface area contributed by atoms with Crippen LogP contribution in [0.2, 0.25) is 0 Å². The zero-order chi connectivity index (χ0) is 22.9. The number of carboxylic acids is 1. The Hall–Kier alpha value is -2.83. The van der Waals surface area contributed by atoms with Crippen molar-refractivity contribution in [1.82, 2.24) is 0 Å². The van der Waals surface area contributed by atoms with Crippen molar-refractivity contribution in [2.24, 2.45) is 11.7 Å². The van der Waals surface area contributed by atoms with Gasteiger partial charge in [0.15, 0.2) is 0 Å². The monoisotopic (exact) mass is 435 g/mol. The number of carbonyl (C=O) groups is 2.